The molecule has 0 radical (unpaired) electrons. The standard InChI is InChI=1S/C10H19NOS/c1-7-4-5-8(12-7)9-11-10(2,3)6-13-9/h7-9,11H,4-6H2,1-3H3. The predicted molar refractivity (Wildman–Crippen MR) is 57.0 cm³/mol. The maximum absolute atomic E-state index is 5.86. The molecule has 0 aromatic rings. The predicted octanol–water partition coefficient (Wildman–Crippen LogP) is 1.99. The highest BCUT2D eigenvalue weighted by molar-refractivity contribution is 8.00. The van der Waals surface area contributed by atoms with Gasteiger partial charge in [0, 0.05) is 11.3 Å². The van der Waals surface area contributed by atoms with Gasteiger partial charge in [0.2, 0.25) is 0 Å². The minimum absolute atomic E-state index is 0.296. The summed E-state index contributed by atoms with van der Waals surface area (Å²) in [6.45, 7) is 6.70. The zero-order valence-corrected chi connectivity index (χ0v) is 9.49. The van der Waals surface area contributed by atoms with Gasteiger partial charge in [-0.25, -0.2) is 0 Å². The Bertz CT molecular complexity index is 195. The van der Waals surface area contributed by atoms with Gasteiger partial charge in [-0.2, -0.15) is 0 Å². The monoisotopic (exact) mass is 201 g/mol. The highest BCUT2D eigenvalue weighted by Gasteiger charge is 2.38. The minimum atomic E-state index is 0.296. The second-order valence-electron chi connectivity index (χ2n) is 4.82. The first-order chi connectivity index (χ1) is 6.07. The molecule has 76 valence electrons. The summed E-state index contributed by atoms with van der Waals surface area (Å²) in [5.74, 6) is 1.20. The van der Waals surface area contributed by atoms with Crippen molar-refractivity contribution in [3.63, 3.8) is 0 Å². The van der Waals surface area contributed by atoms with Crippen LogP contribution in [-0.2, 0) is 4.74 Å². The quantitative estimate of drug-likeness (QED) is 0.701. The van der Waals surface area contributed by atoms with Gasteiger partial charge in [-0.3, -0.25) is 5.32 Å². The largest absolute Gasteiger partial charge is 0.373 e. The lowest BCUT2D eigenvalue weighted by atomic mass is 10.1. The molecule has 0 spiro atoms. The van der Waals surface area contributed by atoms with Crippen LogP contribution in [0, 0.1) is 0 Å². The Morgan fingerprint density at radius 1 is 1.38 bits per heavy atom. The normalized spacial score (nSPS) is 44.1. The summed E-state index contributed by atoms with van der Waals surface area (Å²) in [6, 6.07) is 0. The summed E-state index contributed by atoms with van der Waals surface area (Å²) in [4.78, 5) is 0. The lowest BCUT2D eigenvalue weighted by Gasteiger charge is -2.22. The summed E-state index contributed by atoms with van der Waals surface area (Å²) in [5.41, 5.74) is 0.296. The molecule has 2 aliphatic rings. The third kappa shape index (κ3) is 2.20. The van der Waals surface area contributed by atoms with Gasteiger partial charge in [0.25, 0.3) is 0 Å². The minimum Gasteiger partial charge on any atom is -0.373 e. The molecule has 2 saturated heterocycles. The molecule has 0 aromatic heterocycles. The van der Waals surface area contributed by atoms with Crippen LogP contribution in [0.15, 0.2) is 0 Å². The van der Waals surface area contributed by atoms with Crippen molar-refractivity contribution in [2.24, 2.45) is 0 Å². The van der Waals surface area contributed by atoms with Crippen LogP contribution in [0.4, 0.5) is 0 Å². The third-order valence-electron chi connectivity index (χ3n) is 2.76. The summed E-state index contributed by atoms with van der Waals surface area (Å²) >= 11 is 2.01. The Hall–Kier alpha value is 0.270. The van der Waals surface area contributed by atoms with E-state index in [9.17, 15) is 0 Å². The van der Waals surface area contributed by atoms with Crippen LogP contribution in [0.5, 0.6) is 0 Å². The fraction of sp³-hybridized carbons (Fsp3) is 1.00. The number of ether oxygens (including phenoxy) is 1. The van der Waals surface area contributed by atoms with Crippen molar-refractivity contribution in [1.29, 1.82) is 0 Å². The van der Waals surface area contributed by atoms with Crippen LogP contribution in [0.1, 0.15) is 33.6 Å². The van der Waals surface area contributed by atoms with Gasteiger partial charge < -0.3 is 4.74 Å². The van der Waals surface area contributed by atoms with E-state index >= 15 is 0 Å². The highest BCUT2D eigenvalue weighted by Crippen LogP contribution is 2.34. The SMILES string of the molecule is CC1CCC(C2NC(C)(C)CS2)O1. The first-order valence-electron chi connectivity index (χ1n) is 5.12. The Labute approximate surface area is 84.8 Å². The lowest BCUT2D eigenvalue weighted by molar-refractivity contribution is 0.0475. The second-order valence-corrected chi connectivity index (χ2v) is 5.95. The van der Waals surface area contributed by atoms with Crippen LogP contribution in [0.25, 0.3) is 0 Å². The van der Waals surface area contributed by atoms with Crippen molar-refractivity contribution in [3.05, 3.63) is 0 Å². The fourth-order valence-electron chi connectivity index (χ4n) is 2.02. The highest BCUT2D eigenvalue weighted by atomic mass is 32.2. The average Bonchev–Trinajstić information content (AvgIpc) is 2.56. The topological polar surface area (TPSA) is 21.3 Å². The molecule has 0 saturated carbocycles. The molecule has 0 aromatic carbocycles. The summed E-state index contributed by atoms with van der Waals surface area (Å²) < 4.78 is 5.86. The van der Waals surface area contributed by atoms with Crippen LogP contribution in [0.2, 0.25) is 0 Å². The molecule has 2 aliphatic heterocycles. The van der Waals surface area contributed by atoms with E-state index in [1.807, 2.05) is 11.8 Å². The molecule has 13 heavy (non-hydrogen) atoms. The summed E-state index contributed by atoms with van der Waals surface area (Å²) in [7, 11) is 0. The van der Waals surface area contributed by atoms with Gasteiger partial charge in [-0.1, -0.05) is 0 Å². The molecular weight excluding hydrogens is 182 g/mol. The van der Waals surface area contributed by atoms with Crippen molar-refractivity contribution >= 4 is 11.8 Å². The third-order valence-corrected chi connectivity index (χ3v) is 4.43. The second kappa shape index (κ2) is 3.44. The summed E-state index contributed by atoms with van der Waals surface area (Å²) in [5, 5.41) is 4.16. The Morgan fingerprint density at radius 3 is 2.62 bits per heavy atom. The van der Waals surface area contributed by atoms with Crippen molar-refractivity contribution in [2.45, 2.75) is 56.7 Å². The van der Waals surface area contributed by atoms with E-state index < -0.39 is 0 Å². The molecule has 0 aliphatic carbocycles. The first kappa shape index (κ1) is 9.81. The molecule has 2 fully saturated rings. The molecule has 0 bridgehead atoms. The number of nitrogens with one attached hydrogen (secondary N) is 1. The molecule has 1 N–H and O–H groups in total. The van der Waals surface area contributed by atoms with E-state index in [0.29, 0.717) is 23.1 Å². The smallest absolute Gasteiger partial charge is 0.0826 e. The molecule has 3 unspecified atom stereocenters. The molecule has 2 heterocycles. The summed E-state index contributed by atoms with van der Waals surface area (Å²) in [6.07, 6.45) is 3.36. The molecule has 3 heteroatoms. The van der Waals surface area contributed by atoms with Gasteiger partial charge >= 0.3 is 0 Å². The van der Waals surface area contributed by atoms with Gasteiger partial charge in [0.1, 0.15) is 0 Å². The maximum Gasteiger partial charge on any atom is 0.0826 e. The van der Waals surface area contributed by atoms with Gasteiger partial charge in [0.15, 0.2) is 0 Å². The van der Waals surface area contributed by atoms with Gasteiger partial charge in [-0.05, 0) is 33.6 Å². The van der Waals surface area contributed by atoms with Gasteiger partial charge in [0.05, 0.1) is 17.6 Å². The van der Waals surface area contributed by atoms with Crippen LogP contribution < -0.4 is 5.32 Å². The number of hydrogen-bond donors (Lipinski definition) is 1. The van der Waals surface area contributed by atoms with E-state index in [-0.39, 0.29) is 0 Å². The zero-order valence-electron chi connectivity index (χ0n) is 8.67. The zero-order chi connectivity index (χ0) is 9.47. The Morgan fingerprint density at radius 2 is 2.15 bits per heavy atom. The van der Waals surface area contributed by atoms with Crippen molar-refractivity contribution in [1.82, 2.24) is 5.32 Å². The lowest BCUT2D eigenvalue weighted by Crippen LogP contribution is -2.43. The van der Waals surface area contributed by atoms with Crippen molar-refractivity contribution in [3.8, 4) is 0 Å². The average molecular weight is 201 g/mol. The number of rotatable bonds is 1. The van der Waals surface area contributed by atoms with Crippen LogP contribution in [-0.4, -0.2) is 28.9 Å². The molecule has 0 amide bonds. The molecule has 2 rings (SSSR count). The molecular formula is C10H19NOS. The first-order valence-corrected chi connectivity index (χ1v) is 6.16. The fourth-order valence-corrected chi connectivity index (χ4v) is 3.52. The van der Waals surface area contributed by atoms with Crippen LogP contribution in [0.3, 0.4) is 0 Å². The van der Waals surface area contributed by atoms with E-state index in [2.05, 4.69) is 26.1 Å². The number of hydrogen-bond acceptors (Lipinski definition) is 3. The van der Waals surface area contributed by atoms with Crippen molar-refractivity contribution in [2.75, 3.05) is 5.75 Å². The van der Waals surface area contributed by atoms with Crippen molar-refractivity contribution < 1.29 is 4.74 Å². The molecule has 2 nitrogen and oxygen atoms in total. The Kier molecular flexibility index (Phi) is 2.60. The van der Waals surface area contributed by atoms with E-state index in [0.717, 1.165) is 0 Å². The Balaban J connectivity index is 1.89. The van der Waals surface area contributed by atoms with E-state index in [4.69, 9.17) is 4.74 Å². The maximum atomic E-state index is 5.86. The van der Waals surface area contributed by atoms with Gasteiger partial charge in [-0.15, -0.1) is 11.8 Å². The number of thioether (sulfide) groups is 1. The van der Waals surface area contributed by atoms with E-state index in [1.54, 1.807) is 0 Å². The van der Waals surface area contributed by atoms with Crippen LogP contribution >= 0.6 is 11.8 Å². The molecule has 3 atom stereocenters. The van der Waals surface area contributed by atoms with E-state index in [1.165, 1.54) is 18.6 Å².